The number of urea groups is 1. The lowest BCUT2D eigenvalue weighted by molar-refractivity contribution is 0.0982. The van der Waals surface area contributed by atoms with Gasteiger partial charge in [-0.1, -0.05) is 35.3 Å². The highest BCUT2D eigenvalue weighted by molar-refractivity contribution is 6.39. The zero-order chi connectivity index (χ0) is 31.1. The van der Waals surface area contributed by atoms with E-state index in [-0.39, 0.29) is 11.8 Å². The Kier molecular flexibility index (Phi) is 11.4. The summed E-state index contributed by atoms with van der Waals surface area (Å²) in [6.07, 6.45) is 1.13. The molecule has 0 spiro atoms. The second kappa shape index (κ2) is 15.0. The third kappa shape index (κ3) is 8.65. The van der Waals surface area contributed by atoms with Crippen LogP contribution in [0.3, 0.4) is 0 Å². The second-order valence-corrected chi connectivity index (χ2v) is 12.3. The van der Waals surface area contributed by atoms with Crippen LogP contribution >= 0.6 is 23.2 Å². The van der Waals surface area contributed by atoms with Crippen LogP contribution in [0.25, 0.3) is 0 Å². The monoisotopic (exact) mass is 624 g/mol. The highest BCUT2D eigenvalue weighted by atomic mass is 35.5. The van der Waals surface area contributed by atoms with Crippen molar-refractivity contribution in [2.75, 3.05) is 43.5 Å². The lowest BCUT2D eigenvalue weighted by atomic mass is 10.0. The number of nitrogens with one attached hydrogen (secondary N) is 1. The lowest BCUT2D eigenvalue weighted by Crippen LogP contribution is -2.50. The molecule has 2 amide bonds. The molecule has 7 nitrogen and oxygen atoms in total. The molecule has 1 N–H and O–H groups in total. The summed E-state index contributed by atoms with van der Waals surface area (Å²) < 4.78 is 5.20. The summed E-state index contributed by atoms with van der Waals surface area (Å²) in [5.74, 6) is 0.924. The van der Waals surface area contributed by atoms with Gasteiger partial charge in [0.05, 0.1) is 22.8 Å². The molecule has 9 heteroatoms. The van der Waals surface area contributed by atoms with Crippen LogP contribution in [0, 0.1) is 0 Å². The van der Waals surface area contributed by atoms with Crippen LogP contribution < -0.4 is 15.0 Å². The fourth-order valence-electron chi connectivity index (χ4n) is 5.41. The predicted octanol–water partition coefficient (Wildman–Crippen LogP) is 7.79. The van der Waals surface area contributed by atoms with E-state index in [1.54, 1.807) is 12.0 Å². The number of amides is 2. The van der Waals surface area contributed by atoms with E-state index in [0.717, 1.165) is 29.1 Å². The van der Waals surface area contributed by atoms with Crippen molar-refractivity contribution in [3.8, 4) is 5.75 Å². The Morgan fingerprint density at radius 1 is 0.860 bits per heavy atom. The van der Waals surface area contributed by atoms with Crippen LogP contribution in [0.1, 0.15) is 55.6 Å². The Morgan fingerprint density at radius 2 is 1.44 bits per heavy atom. The van der Waals surface area contributed by atoms with Gasteiger partial charge in [0.25, 0.3) is 0 Å². The van der Waals surface area contributed by atoms with Crippen LogP contribution in [0.15, 0.2) is 60.7 Å². The minimum atomic E-state index is -0.222. The van der Waals surface area contributed by atoms with Gasteiger partial charge in [-0.05, 0) is 93.8 Å². The fraction of sp³-hybridized carbons (Fsp3) is 0.412. The molecule has 1 aliphatic heterocycles. The molecule has 0 aliphatic carbocycles. The molecule has 4 rings (SSSR count). The molecule has 0 radical (unpaired) electrons. The van der Waals surface area contributed by atoms with Gasteiger partial charge in [-0.3, -0.25) is 9.69 Å². The summed E-state index contributed by atoms with van der Waals surface area (Å²) in [5, 5.41) is 3.79. The zero-order valence-electron chi connectivity index (χ0n) is 25.7. The van der Waals surface area contributed by atoms with Gasteiger partial charge in [-0.15, -0.1) is 0 Å². The number of carbonyl (C=O) groups excluding carboxylic acids is 2. The Morgan fingerprint density at radius 3 is 1.98 bits per heavy atom. The molecule has 0 unspecified atom stereocenters. The van der Waals surface area contributed by atoms with Crippen molar-refractivity contribution in [1.29, 1.82) is 0 Å². The van der Waals surface area contributed by atoms with Gasteiger partial charge in [0.1, 0.15) is 5.75 Å². The minimum absolute atomic E-state index is 0.117. The minimum Gasteiger partial charge on any atom is -0.497 e. The molecule has 0 atom stereocenters. The largest absolute Gasteiger partial charge is 0.497 e. The van der Waals surface area contributed by atoms with Crippen molar-refractivity contribution in [1.82, 2.24) is 9.80 Å². The van der Waals surface area contributed by atoms with Crippen LogP contribution in [0.4, 0.5) is 16.2 Å². The van der Waals surface area contributed by atoms with Gasteiger partial charge in [-0.2, -0.15) is 0 Å². The van der Waals surface area contributed by atoms with Gasteiger partial charge in [0.2, 0.25) is 0 Å². The number of benzene rings is 3. The number of ketones is 1. The van der Waals surface area contributed by atoms with Gasteiger partial charge in [-0.25, -0.2) is 4.79 Å². The van der Waals surface area contributed by atoms with Crippen molar-refractivity contribution in [2.24, 2.45) is 0 Å². The number of Topliss-reactive ketones (excluding diaryl/α,β-unsaturated/α-hetero) is 1. The van der Waals surface area contributed by atoms with Crippen LogP contribution in [-0.4, -0.2) is 67.0 Å². The molecule has 230 valence electrons. The highest BCUT2D eigenvalue weighted by Crippen LogP contribution is 2.33. The van der Waals surface area contributed by atoms with Crippen molar-refractivity contribution >= 4 is 46.4 Å². The van der Waals surface area contributed by atoms with Crippen LogP contribution in [0.2, 0.25) is 10.0 Å². The molecule has 1 aliphatic rings. The fourth-order valence-corrected chi connectivity index (χ4v) is 6.04. The molecule has 0 saturated carbocycles. The first-order valence-corrected chi connectivity index (χ1v) is 15.6. The molecule has 0 aromatic heterocycles. The van der Waals surface area contributed by atoms with E-state index in [1.165, 1.54) is 0 Å². The van der Waals surface area contributed by atoms with E-state index in [0.29, 0.717) is 72.4 Å². The van der Waals surface area contributed by atoms with E-state index in [4.69, 9.17) is 27.9 Å². The van der Waals surface area contributed by atoms with Gasteiger partial charge in [0, 0.05) is 62.5 Å². The number of piperazine rings is 1. The SMILES string of the molecule is COc1ccc(CCC(=O)c2ccc(N3CCN(C(=O)Nc4c(Cl)cc(CN(C(C)C)C(C)C)cc4Cl)CC3)cc2)cc1. The molecular formula is C34H42Cl2N4O3. The van der Waals surface area contributed by atoms with E-state index in [2.05, 4.69) is 42.8 Å². The Balaban J connectivity index is 1.28. The predicted molar refractivity (Wildman–Crippen MR) is 177 cm³/mol. The average molecular weight is 626 g/mol. The first kappa shape index (κ1) is 32.6. The van der Waals surface area contributed by atoms with E-state index in [9.17, 15) is 9.59 Å². The number of ether oxygens (including phenoxy) is 1. The third-order valence-corrected chi connectivity index (χ3v) is 8.54. The van der Waals surface area contributed by atoms with Crippen LogP contribution in [0.5, 0.6) is 5.75 Å². The molecule has 3 aromatic rings. The number of anilines is 2. The van der Waals surface area contributed by atoms with Crippen molar-refractivity contribution in [3.63, 3.8) is 0 Å². The number of carbonyl (C=O) groups is 2. The van der Waals surface area contributed by atoms with Crippen molar-refractivity contribution in [2.45, 2.75) is 59.2 Å². The van der Waals surface area contributed by atoms with E-state index < -0.39 is 0 Å². The van der Waals surface area contributed by atoms with Gasteiger partial charge < -0.3 is 19.9 Å². The quantitative estimate of drug-likeness (QED) is 0.221. The second-order valence-electron chi connectivity index (χ2n) is 11.5. The Hall–Kier alpha value is -3.26. The molecule has 43 heavy (non-hydrogen) atoms. The van der Waals surface area contributed by atoms with E-state index >= 15 is 0 Å². The lowest BCUT2D eigenvalue weighted by Gasteiger charge is -2.36. The summed E-state index contributed by atoms with van der Waals surface area (Å²) in [7, 11) is 1.64. The molecular weight excluding hydrogens is 583 g/mol. The van der Waals surface area contributed by atoms with E-state index in [1.807, 2.05) is 60.7 Å². The maximum Gasteiger partial charge on any atom is 0.322 e. The first-order chi connectivity index (χ1) is 20.5. The number of methoxy groups -OCH3 is 1. The summed E-state index contributed by atoms with van der Waals surface area (Å²) in [4.78, 5) is 32.2. The Bertz CT molecular complexity index is 1350. The standard InChI is InChI=1S/C34H42Cl2N4O3/c1-23(2)40(24(3)4)22-26-20-30(35)33(31(36)21-26)37-34(42)39-18-16-38(17-19-39)28-11-9-27(10-12-28)32(41)15-8-25-6-13-29(43-5)14-7-25/h6-7,9-14,20-21,23-24H,8,15-19,22H2,1-5H3,(H,37,42). The molecule has 1 fully saturated rings. The number of hydrogen-bond donors (Lipinski definition) is 1. The number of aryl methyl sites for hydroxylation is 1. The highest BCUT2D eigenvalue weighted by Gasteiger charge is 2.23. The summed E-state index contributed by atoms with van der Waals surface area (Å²) in [6.45, 7) is 11.9. The molecule has 1 heterocycles. The van der Waals surface area contributed by atoms with Gasteiger partial charge >= 0.3 is 6.03 Å². The summed E-state index contributed by atoms with van der Waals surface area (Å²) in [6, 6.07) is 19.8. The normalized spacial score (nSPS) is 13.6. The number of nitrogens with zero attached hydrogens (tertiary/aromatic N) is 3. The van der Waals surface area contributed by atoms with Gasteiger partial charge in [0.15, 0.2) is 5.78 Å². The Labute approximate surface area is 265 Å². The van der Waals surface area contributed by atoms with Crippen LogP contribution in [-0.2, 0) is 13.0 Å². The average Bonchev–Trinajstić information content (AvgIpc) is 3.00. The first-order valence-electron chi connectivity index (χ1n) is 14.9. The maximum absolute atomic E-state index is 13.1. The van der Waals surface area contributed by atoms with Crippen molar-refractivity contribution in [3.05, 3.63) is 87.4 Å². The molecule has 0 bridgehead atoms. The number of halogens is 2. The summed E-state index contributed by atoms with van der Waals surface area (Å²) >= 11 is 13.2. The molecule has 3 aromatic carbocycles. The summed E-state index contributed by atoms with van der Waals surface area (Å²) in [5.41, 5.74) is 4.29. The number of hydrogen-bond acceptors (Lipinski definition) is 5. The molecule has 1 saturated heterocycles. The topological polar surface area (TPSA) is 65.1 Å². The number of rotatable bonds is 11. The maximum atomic E-state index is 13.1. The zero-order valence-corrected chi connectivity index (χ0v) is 27.2. The van der Waals surface area contributed by atoms with Crippen molar-refractivity contribution < 1.29 is 14.3 Å². The smallest absolute Gasteiger partial charge is 0.322 e. The third-order valence-electron chi connectivity index (χ3n) is 7.95.